The molecule has 1 fully saturated rings. The molecule has 7 heteroatoms. The van der Waals surface area contributed by atoms with Crippen LogP contribution in [0.1, 0.15) is 34.3 Å². The lowest BCUT2D eigenvalue weighted by molar-refractivity contribution is 0.0709. The van der Waals surface area contributed by atoms with Crippen LogP contribution in [0.5, 0.6) is 0 Å². The van der Waals surface area contributed by atoms with Crippen LogP contribution >= 0.6 is 11.3 Å². The number of hydrogen-bond acceptors (Lipinski definition) is 5. The van der Waals surface area contributed by atoms with E-state index in [1.165, 1.54) is 11.3 Å². The van der Waals surface area contributed by atoms with Crippen molar-refractivity contribution in [2.45, 2.75) is 18.8 Å². The van der Waals surface area contributed by atoms with Crippen molar-refractivity contribution in [1.29, 1.82) is 0 Å². The van der Waals surface area contributed by atoms with Gasteiger partial charge in [-0.1, -0.05) is 0 Å². The second-order valence-corrected chi connectivity index (χ2v) is 6.01. The van der Waals surface area contributed by atoms with Gasteiger partial charge in [-0.25, -0.2) is 0 Å². The maximum atomic E-state index is 12.5. The number of rotatable bonds is 2. The van der Waals surface area contributed by atoms with Gasteiger partial charge in [0, 0.05) is 26.1 Å². The number of amides is 1. The second kappa shape index (κ2) is 5.24. The number of carbonyl (C=O) groups is 1. The number of nitrogen functional groups attached to an aromatic ring is 1. The molecule has 1 atom stereocenters. The lowest BCUT2D eigenvalue weighted by Gasteiger charge is -2.32. The van der Waals surface area contributed by atoms with Crippen molar-refractivity contribution in [3.8, 4) is 0 Å². The molecule has 1 aliphatic rings. The lowest BCUT2D eigenvalue weighted by atomic mass is 9.97. The molecule has 1 aliphatic heterocycles. The Kier molecular flexibility index (Phi) is 3.43. The molecule has 1 saturated heterocycles. The average Bonchev–Trinajstić information content (AvgIpc) is 3.07. The summed E-state index contributed by atoms with van der Waals surface area (Å²) in [7, 11) is 1.94. The number of nitrogens with two attached hydrogens (primary N) is 1. The molecule has 106 valence electrons. The van der Waals surface area contributed by atoms with E-state index in [-0.39, 0.29) is 11.8 Å². The van der Waals surface area contributed by atoms with E-state index in [9.17, 15) is 4.79 Å². The molecule has 3 rings (SSSR count). The highest BCUT2D eigenvalue weighted by Crippen LogP contribution is 2.28. The summed E-state index contributed by atoms with van der Waals surface area (Å²) in [5.74, 6) is 1.23. The molecule has 1 amide bonds. The summed E-state index contributed by atoms with van der Waals surface area (Å²) in [6.07, 6.45) is 3.72. The summed E-state index contributed by atoms with van der Waals surface area (Å²) in [6, 6.07) is 1.78. The summed E-state index contributed by atoms with van der Waals surface area (Å²) in [5.41, 5.74) is 6.41. The van der Waals surface area contributed by atoms with Crippen molar-refractivity contribution in [3.05, 3.63) is 28.5 Å². The maximum absolute atomic E-state index is 12.5. The third-order valence-electron chi connectivity index (χ3n) is 3.71. The molecular weight excluding hydrogens is 274 g/mol. The van der Waals surface area contributed by atoms with Gasteiger partial charge in [-0.15, -0.1) is 21.5 Å². The highest BCUT2D eigenvalue weighted by Gasteiger charge is 2.29. The van der Waals surface area contributed by atoms with Crippen molar-refractivity contribution in [2.24, 2.45) is 7.05 Å². The van der Waals surface area contributed by atoms with Crippen LogP contribution in [0.2, 0.25) is 0 Å². The molecule has 6 nitrogen and oxygen atoms in total. The van der Waals surface area contributed by atoms with Crippen molar-refractivity contribution in [2.75, 3.05) is 18.8 Å². The zero-order valence-corrected chi connectivity index (χ0v) is 12.1. The predicted octanol–water partition coefficient (Wildman–Crippen LogP) is 1.48. The molecule has 20 heavy (non-hydrogen) atoms. The largest absolute Gasteiger partial charge is 0.397 e. The Bertz CT molecular complexity index is 620. The van der Waals surface area contributed by atoms with Crippen LogP contribution < -0.4 is 5.73 Å². The minimum atomic E-state index is 0.0318. The van der Waals surface area contributed by atoms with Crippen LogP contribution in [0.4, 0.5) is 5.69 Å². The molecule has 3 heterocycles. The molecule has 0 aromatic carbocycles. The molecular formula is C13H17N5OS. The van der Waals surface area contributed by atoms with Gasteiger partial charge in [0.15, 0.2) is 0 Å². The highest BCUT2D eigenvalue weighted by molar-refractivity contribution is 7.12. The smallest absolute Gasteiger partial charge is 0.266 e. The molecule has 0 aliphatic carbocycles. The van der Waals surface area contributed by atoms with Crippen molar-refractivity contribution < 1.29 is 4.79 Å². The number of thiophene rings is 1. The molecule has 0 spiro atoms. The van der Waals surface area contributed by atoms with Gasteiger partial charge in [-0.3, -0.25) is 4.79 Å². The molecule has 0 radical (unpaired) electrons. The van der Waals surface area contributed by atoms with Crippen LogP contribution in [0.15, 0.2) is 17.8 Å². The standard InChI is InChI=1S/C13H17N5OS/c1-17-8-15-16-12(17)9-3-2-5-18(7-9)13(19)11-10(14)4-6-20-11/h4,6,8-9H,2-3,5,7,14H2,1H3. The Morgan fingerprint density at radius 1 is 1.55 bits per heavy atom. The summed E-state index contributed by atoms with van der Waals surface area (Å²) < 4.78 is 1.93. The van der Waals surface area contributed by atoms with Gasteiger partial charge in [0.05, 0.1) is 5.69 Å². The first-order valence-corrected chi connectivity index (χ1v) is 7.51. The number of nitrogens with zero attached hydrogens (tertiary/aromatic N) is 4. The topological polar surface area (TPSA) is 77.0 Å². The van der Waals surface area contributed by atoms with Gasteiger partial charge >= 0.3 is 0 Å². The quantitative estimate of drug-likeness (QED) is 0.909. The Labute approximate surface area is 121 Å². The predicted molar refractivity (Wildman–Crippen MR) is 77.6 cm³/mol. The zero-order valence-electron chi connectivity index (χ0n) is 11.3. The van der Waals surface area contributed by atoms with E-state index in [2.05, 4.69) is 10.2 Å². The minimum Gasteiger partial charge on any atom is -0.397 e. The van der Waals surface area contributed by atoms with E-state index in [1.807, 2.05) is 21.9 Å². The summed E-state index contributed by atoms with van der Waals surface area (Å²) in [6.45, 7) is 1.47. The molecule has 2 aromatic rings. The molecule has 0 bridgehead atoms. The monoisotopic (exact) mass is 291 g/mol. The van der Waals surface area contributed by atoms with Gasteiger partial charge < -0.3 is 15.2 Å². The van der Waals surface area contributed by atoms with Gasteiger partial charge in [-0.05, 0) is 24.3 Å². The molecule has 2 N–H and O–H groups in total. The van der Waals surface area contributed by atoms with Gasteiger partial charge in [-0.2, -0.15) is 0 Å². The Morgan fingerprint density at radius 2 is 2.40 bits per heavy atom. The first-order valence-electron chi connectivity index (χ1n) is 6.63. The van der Waals surface area contributed by atoms with Crippen molar-refractivity contribution in [3.63, 3.8) is 0 Å². The number of hydrogen-bond donors (Lipinski definition) is 1. The SMILES string of the molecule is Cn1cnnc1C1CCCN(C(=O)c2sccc2N)C1. The van der Waals surface area contributed by atoms with E-state index in [1.54, 1.807) is 12.4 Å². The Morgan fingerprint density at radius 3 is 3.05 bits per heavy atom. The van der Waals surface area contributed by atoms with Gasteiger partial charge in [0.2, 0.25) is 0 Å². The van der Waals surface area contributed by atoms with E-state index in [0.29, 0.717) is 17.1 Å². The van der Waals surface area contributed by atoms with Crippen molar-refractivity contribution in [1.82, 2.24) is 19.7 Å². The van der Waals surface area contributed by atoms with Gasteiger partial charge in [0.25, 0.3) is 5.91 Å². The number of piperidine rings is 1. The molecule has 0 saturated carbocycles. The maximum Gasteiger partial charge on any atom is 0.266 e. The van der Waals surface area contributed by atoms with Gasteiger partial charge in [0.1, 0.15) is 17.0 Å². The zero-order chi connectivity index (χ0) is 14.1. The van der Waals surface area contributed by atoms with E-state index < -0.39 is 0 Å². The normalized spacial score (nSPS) is 19.2. The third-order valence-corrected chi connectivity index (χ3v) is 4.63. The second-order valence-electron chi connectivity index (χ2n) is 5.10. The summed E-state index contributed by atoms with van der Waals surface area (Å²) in [5, 5.41) is 9.94. The number of likely N-dealkylation sites (tertiary alicyclic amines) is 1. The fourth-order valence-corrected chi connectivity index (χ4v) is 3.46. The first-order chi connectivity index (χ1) is 9.66. The van der Waals surface area contributed by atoms with E-state index >= 15 is 0 Å². The van der Waals surface area contributed by atoms with Crippen LogP contribution in [0, 0.1) is 0 Å². The van der Waals surface area contributed by atoms with Crippen LogP contribution in [0.25, 0.3) is 0 Å². The number of aromatic nitrogens is 3. The Hall–Kier alpha value is -1.89. The molecule has 2 aromatic heterocycles. The van der Waals surface area contributed by atoms with Crippen LogP contribution in [-0.4, -0.2) is 38.7 Å². The fraction of sp³-hybridized carbons (Fsp3) is 0.462. The van der Waals surface area contributed by atoms with Crippen molar-refractivity contribution >= 4 is 22.9 Å². The van der Waals surface area contributed by atoms with E-state index in [4.69, 9.17) is 5.73 Å². The average molecular weight is 291 g/mol. The highest BCUT2D eigenvalue weighted by atomic mass is 32.1. The van der Waals surface area contributed by atoms with Crippen LogP contribution in [0.3, 0.4) is 0 Å². The van der Waals surface area contributed by atoms with Crippen LogP contribution in [-0.2, 0) is 7.05 Å². The summed E-state index contributed by atoms with van der Waals surface area (Å²) >= 11 is 1.40. The summed E-state index contributed by atoms with van der Waals surface area (Å²) in [4.78, 5) is 15.0. The number of carbonyl (C=O) groups excluding carboxylic acids is 1. The first kappa shape index (κ1) is 13.1. The minimum absolute atomic E-state index is 0.0318. The Balaban J connectivity index is 1.77. The third kappa shape index (κ3) is 2.29. The molecule has 1 unspecified atom stereocenters. The lowest BCUT2D eigenvalue weighted by Crippen LogP contribution is -2.39. The number of anilines is 1. The fourth-order valence-electron chi connectivity index (χ4n) is 2.67. The number of aryl methyl sites for hydroxylation is 1. The van der Waals surface area contributed by atoms with E-state index in [0.717, 1.165) is 25.2 Å².